The first-order valence-corrected chi connectivity index (χ1v) is 15.2. The molecule has 1 N–H and O–H groups in total. The molecule has 0 aliphatic heterocycles. The molecule has 214 valence electrons. The first kappa shape index (κ1) is 31.7. The molecule has 0 aromatic heterocycles. The molecule has 0 spiro atoms. The summed E-state index contributed by atoms with van der Waals surface area (Å²) in [6.07, 6.45) is 0. The van der Waals surface area contributed by atoms with E-state index in [1.165, 1.54) is 35.2 Å². The number of amides is 2. The van der Waals surface area contributed by atoms with E-state index in [-0.39, 0.29) is 39.0 Å². The third-order valence-electron chi connectivity index (χ3n) is 6.18. The Kier molecular flexibility index (Phi) is 10.9. The van der Waals surface area contributed by atoms with Gasteiger partial charge in [-0.05, 0) is 67.8 Å². The molecule has 40 heavy (non-hydrogen) atoms. The maximum absolute atomic E-state index is 13.9. The van der Waals surface area contributed by atoms with Gasteiger partial charge in [-0.3, -0.25) is 13.9 Å². The molecule has 0 heterocycles. The van der Waals surface area contributed by atoms with Crippen molar-refractivity contribution in [2.45, 2.75) is 45.2 Å². The fourth-order valence-electron chi connectivity index (χ4n) is 3.85. The summed E-state index contributed by atoms with van der Waals surface area (Å²) in [5, 5.41) is 3.72. The Labute approximate surface area is 251 Å². The van der Waals surface area contributed by atoms with E-state index in [0.29, 0.717) is 11.6 Å². The molecule has 0 unspecified atom stereocenters. The van der Waals surface area contributed by atoms with Crippen LogP contribution in [-0.2, 0) is 26.2 Å². The molecule has 11 heteroatoms. The lowest BCUT2D eigenvalue weighted by Gasteiger charge is -2.32. The first-order valence-electron chi connectivity index (χ1n) is 12.7. The van der Waals surface area contributed by atoms with Crippen LogP contribution in [0.5, 0.6) is 0 Å². The SMILES string of the molecule is Cc1ccc(S(=O)(=O)N(CC(=O)N(Cc2ccc(Cl)cc2)[C@H](C)C(=O)NCC(C)C)c2cc(Cl)ccc2Cl)cc1. The van der Waals surface area contributed by atoms with Crippen molar-refractivity contribution >= 4 is 62.3 Å². The number of anilines is 1. The van der Waals surface area contributed by atoms with E-state index in [4.69, 9.17) is 34.8 Å². The van der Waals surface area contributed by atoms with E-state index in [2.05, 4.69) is 5.32 Å². The Morgan fingerprint density at radius 1 is 0.875 bits per heavy atom. The third kappa shape index (κ3) is 8.13. The lowest BCUT2D eigenvalue weighted by atomic mass is 10.1. The number of hydrogen-bond donors (Lipinski definition) is 1. The van der Waals surface area contributed by atoms with Gasteiger partial charge >= 0.3 is 0 Å². The van der Waals surface area contributed by atoms with Gasteiger partial charge in [0.15, 0.2) is 0 Å². The average Bonchev–Trinajstić information content (AvgIpc) is 2.91. The number of hydrogen-bond acceptors (Lipinski definition) is 4. The minimum absolute atomic E-state index is 0.0195. The highest BCUT2D eigenvalue weighted by atomic mass is 35.5. The summed E-state index contributed by atoms with van der Waals surface area (Å²) in [5.41, 5.74) is 1.64. The molecule has 3 aromatic carbocycles. The number of sulfonamides is 1. The van der Waals surface area contributed by atoms with Gasteiger partial charge in [-0.15, -0.1) is 0 Å². The van der Waals surface area contributed by atoms with Crippen LogP contribution in [0.3, 0.4) is 0 Å². The largest absolute Gasteiger partial charge is 0.354 e. The topological polar surface area (TPSA) is 86.8 Å². The quantitative estimate of drug-likeness (QED) is 0.270. The third-order valence-corrected chi connectivity index (χ3v) is 8.76. The van der Waals surface area contributed by atoms with Gasteiger partial charge in [0, 0.05) is 23.1 Å². The highest BCUT2D eigenvalue weighted by Crippen LogP contribution is 2.33. The van der Waals surface area contributed by atoms with Gasteiger partial charge < -0.3 is 10.2 Å². The smallest absolute Gasteiger partial charge is 0.264 e. The fourth-order valence-corrected chi connectivity index (χ4v) is 5.84. The number of benzene rings is 3. The number of aryl methyl sites for hydroxylation is 1. The van der Waals surface area contributed by atoms with Crippen molar-refractivity contribution in [2.75, 3.05) is 17.4 Å². The van der Waals surface area contributed by atoms with Gasteiger partial charge in [-0.25, -0.2) is 8.42 Å². The van der Waals surface area contributed by atoms with Crippen molar-refractivity contribution in [1.82, 2.24) is 10.2 Å². The van der Waals surface area contributed by atoms with Gasteiger partial charge in [-0.2, -0.15) is 0 Å². The minimum Gasteiger partial charge on any atom is -0.354 e. The Balaban J connectivity index is 2.05. The summed E-state index contributed by atoms with van der Waals surface area (Å²) < 4.78 is 28.7. The maximum Gasteiger partial charge on any atom is 0.264 e. The van der Waals surface area contributed by atoms with E-state index in [1.54, 1.807) is 43.3 Å². The Morgan fingerprint density at radius 2 is 1.48 bits per heavy atom. The van der Waals surface area contributed by atoms with Crippen molar-refractivity contribution in [3.05, 3.63) is 92.9 Å². The zero-order chi connectivity index (χ0) is 29.6. The molecule has 7 nitrogen and oxygen atoms in total. The van der Waals surface area contributed by atoms with Crippen molar-refractivity contribution in [3.8, 4) is 0 Å². The number of halogens is 3. The predicted molar refractivity (Wildman–Crippen MR) is 161 cm³/mol. The van der Waals surface area contributed by atoms with Gasteiger partial charge in [0.25, 0.3) is 10.0 Å². The lowest BCUT2D eigenvalue weighted by Crippen LogP contribution is -2.51. The standard InChI is InChI=1S/C29H32Cl3N3O4S/c1-19(2)16-33-29(37)21(4)34(17-22-7-9-23(30)10-8-22)28(36)18-35(27-15-24(31)11-14-26(27)32)40(38,39)25-12-5-20(3)6-13-25/h5-15,19,21H,16-18H2,1-4H3,(H,33,37)/t21-/m1/s1. The summed E-state index contributed by atoms with van der Waals surface area (Å²) in [6.45, 7) is 7.23. The second kappa shape index (κ2) is 13.7. The van der Waals surface area contributed by atoms with Crippen LogP contribution < -0.4 is 9.62 Å². The summed E-state index contributed by atoms with van der Waals surface area (Å²) in [7, 11) is -4.26. The fraction of sp³-hybridized carbons (Fsp3) is 0.310. The maximum atomic E-state index is 13.9. The van der Waals surface area contributed by atoms with E-state index in [9.17, 15) is 18.0 Å². The van der Waals surface area contributed by atoms with Crippen LogP contribution in [-0.4, -0.2) is 44.3 Å². The summed E-state index contributed by atoms with van der Waals surface area (Å²) >= 11 is 18.7. The van der Waals surface area contributed by atoms with Crippen molar-refractivity contribution in [1.29, 1.82) is 0 Å². The Hall–Kier alpha value is -2.78. The number of nitrogens with zero attached hydrogens (tertiary/aromatic N) is 2. The summed E-state index contributed by atoms with van der Waals surface area (Å²) in [5.74, 6) is -0.754. The zero-order valence-corrected chi connectivity index (χ0v) is 25.8. The summed E-state index contributed by atoms with van der Waals surface area (Å²) in [6, 6.07) is 16.6. The normalized spacial score (nSPS) is 12.2. The van der Waals surface area contributed by atoms with E-state index >= 15 is 0 Å². The molecule has 3 aromatic rings. The highest BCUT2D eigenvalue weighted by molar-refractivity contribution is 7.92. The lowest BCUT2D eigenvalue weighted by molar-refractivity contribution is -0.139. The van der Waals surface area contributed by atoms with Gasteiger partial charge in [-0.1, -0.05) is 78.5 Å². The molecule has 1 atom stereocenters. The average molecular weight is 625 g/mol. The monoisotopic (exact) mass is 623 g/mol. The number of carbonyl (C=O) groups excluding carboxylic acids is 2. The van der Waals surface area contributed by atoms with E-state index in [0.717, 1.165) is 15.4 Å². The van der Waals surface area contributed by atoms with Gasteiger partial charge in [0.05, 0.1) is 15.6 Å². The van der Waals surface area contributed by atoms with E-state index < -0.39 is 28.5 Å². The van der Waals surface area contributed by atoms with Crippen LogP contribution in [0.2, 0.25) is 15.1 Å². The van der Waals surface area contributed by atoms with E-state index in [1.807, 2.05) is 20.8 Å². The molecule has 0 aliphatic carbocycles. The van der Waals surface area contributed by atoms with Crippen LogP contribution in [0.1, 0.15) is 31.9 Å². The second-order valence-corrected chi connectivity index (χ2v) is 13.0. The minimum atomic E-state index is -4.26. The molecule has 0 fully saturated rings. The number of rotatable bonds is 11. The van der Waals surface area contributed by atoms with Crippen LogP contribution in [0.15, 0.2) is 71.6 Å². The van der Waals surface area contributed by atoms with Crippen LogP contribution in [0, 0.1) is 12.8 Å². The molecule has 0 radical (unpaired) electrons. The molecule has 2 amide bonds. The molecule has 0 saturated carbocycles. The molecular weight excluding hydrogens is 593 g/mol. The number of carbonyl (C=O) groups is 2. The molecule has 3 rings (SSSR count). The number of nitrogens with one attached hydrogen (secondary N) is 1. The van der Waals surface area contributed by atoms with Crippen molar-refractivity contribution in [3.63, 3.8) is 0 Å². The Morgan fingerprint density at radius 3 is 2.08 bits per heavy atom. The van der Waals surface area contributed by atoms with Gasteiger partial charge in [0.2, 0.25) is 11.8 Å². The van der Waals surface area contributed by atoms with Gasteiger partial charge in [0.1, 0.15) is 12.6 Å². The predicted octanol–water partition coefficient (Wildman–Crippen LogP) is 6.34. The second-order valence-electron chi connectivity index (χ2n) is 9.88. The van der Waals surface area contributed by atoms with Crippen LogP contribution in [0.25, 0.3) is 0 Å². The van der Waals surface area contributed by atoms with Crippen molar-refractivity contribution < 1.29 is 18.0 Å². The first-order chi connectivity index (χ1) is 18.8. The zero-order valence-electron chi connectivity index (χ0n) is 22.7. The van der Waals surface area contributed by atoms with Crippen LogP contribution in [0.4, 0.5) is 5.69 Å². The molecular formula is C29H32Cl3N3O4S. The molecule has 0 saturated heterocycles. The van der Waals surface area contributed by atoms with Crippen molar-refractivity contribution in [2.24, 2.45) is 5.92 Å². The van der Waals surface area contributed by atoms with Crippen LogP contribution >= 0.6 is 34.8 Å². The molecule has 0 aliphatic rings. The summed E-state index contributed by atoms with van der Waals surface area (Å²) in [4.78, 5) is 28.3. The highest BCUT2D eigenvalue weighted by Gasteiger charge is 2.33. The Bertz CT molecular complexity index is 1450. The molecule has 0 bridgehead atoms.